The van der Waals surface area contributed by atoms with Gasteiger partial charge in [-0.2, -0.15) is 4.31 Å². The van der Waals surface area contributed by atoms with E-state index in [-0.39, 0.29) is 0 Å². The van der Waals surface area contributed by atoms with Crippen molar-refractivity contribution < 1.29 is 8.42 Å². The van der Waals surface area contributed by atoms with Crippen molar-refractivity contribution >= 4 is 21.6 Å². The van der Waals surface area contributed by atoms with Crippen LogP contribution in [0.4, 0.5) is 0 Å². The van der Waals surface area contributed by atoms with Crippen LogP contribution in [0.3, 0.4) is 0 Å². The molecule has 1 aliphatic heterocycles. The Morgan fingerprint density at radius 2 is 2.21 bits per heavy atom. The molecule has 19 heavy (non-hydrogen) atoms. The molecule has 0 aliphatic carbocycles. The molecule has 0 amide bonds. The zero-order valence-electron chi connectivity index (χ0n) is 11.2. The molecule has 1 atom stereocenters. The van der Waals surface area contributed by atoms with Gasteiger partial charge in [-0.1, -0.05) is 18.5 Å². The lowest BCUT2D eigenvalue weighted by Gasteiger charge is -2.17. The highest BCUT2D eigenvalue weighted by atomic mass is 35.5. The summed E-state index contributed by atoms with van der Waals surface area (Å²) in [4.78, 5) is 0.330. The van der Waals surface area contributed by atoms with E-state index >= 15 is 0 Å². The topological polar surface area (TPSA) is 49.4 Å². The number of benzene rings is 1. The number of halogens is 1. The fourth-order valence-electron chi connectivity index (χ4n) is 2.30. The minimum Gasteiger partial charge on any atom is -0.316 e. The molecule has 0 aromatic heterocycles. The van der Waals surface area contributed by atoms with Crippen molar-refractivity contribution in [2.75, 3.05) is 20.1 Å². The molecule has 1 saturated heterocycles. The largest absolute Gasteiger partial charge is 0.316 e. The molecular formula is C13H19ClN2O2S. The van der Waals surface area contributed by atoms with Crippen LogP contribution < -0.4 is 5.32 Å². The summed E-state index contributed by atoms with van der Waals surface area (Å²) in [5, 5.41) is 3.57. The van der Waals surface area contributed by atoms with E-state index in [1.54, 1.807) is 29.6 Å². The van der Waals surface area contributed by atoms with Gasteiger partial charge in [-0.25, -0.2) is 8.42 Å². The quantitative estimate of drug-likeness (QED) is 0.926. The van der Waals surface area contributed by atoms with Crippen molar-refractivity contribution in [2.24, 2.45) is 5.92 Å². The Balaban J connectivity index is 2.33. The van der Waals surface area contributed by atoms with E-state index in [2.05, 4.69) is 12.2 Å². The zero-order valence-corrected chi connectivity index (χ0v) is 12.8. The van der Waals surface area contributed by atoms with Gasteiger partial charge in [-0.3, -0.25) is 0 Å². The lowest BCUT2D eigenvalue weighted by molar-refractivity contribution is 0.464. The van der Waals surface area contributed by atoms with Crippen LogP contribution in [0.5, 0.6) is 0 Å². The molecule has 1 aromatic carbocycles. The maximum atomic E-state index is 12.5. The van der Waals surface area contributed by atoms with E-state index in [0.29, 0.717) is 35.5 Å². The highest BCUT2D eigenvalue weighted by Gasteiger charge is 2.30. The van der Waals surface area contributed by atoms with E-state index < -0.39 is 10.0 Å². The first-order chi connectivity index (χ1) is 8.95. The molecule has 1 unspecified atom stereocenters. The molecule has 1 N–H and O–H groups in total. The molecule has 6 heteroatoms. The fraction of sp³-hybridized carbons (Fsp3) is 0.538. The van der Waals surface area contributed by atoms with Crippen molar-refractivity contribution in [1.82, 2.24) is 9.62 Å². The van der Waals surface area contributed by atoms with Crippen LogP contribution in [-0.4, -0.2) is 32.9 Å². The SMILES string of the molecule is CNCc1cc(S(=O)(=O)N2CCC(C)C2)ccc1Cl. The lowest BCUT2D eigenvalue weighted by Crippen LogP contribution is -2.28. The van der Waals surface area contributed by atoms with Gasteiger partial charge in [0.1, 0.15) is 0 Å². The van der Waals surface area contributed by atoms with E-state index in [9.17, 15) is 8.42 Å². The Hall–Kier alpha value is -0.620. The van der Waals surface area contributed by atoms with E-state index in [1.807, 2.05) is 0 Å². The van der Waals surface area contributed by atoms with Gasteiger partial charge in [-0.05, 0) is 43.1 Å². The molecule has 1 heterocycles. The number of nitrogens with zero attached hydrogens (tertiary/aromatic N) is 1. The molecule has 0 saturated carbocycles. The summed E-state index contributed by atoms with van der Waals surface area (Å²) >= 11 is 6.06. The second-order valence-corrected chi connectivity index (χ2v) is 7.39. The van der Waals surface area contributed by atoms with E-state index in [0.717, 1.165) is 12.0 Å². The number of sulfonamides is 1. The Morgan fingerprint density at radius 1 is 1.47 bits per heavy atom. The van der Waals surface area contributed by atoms with Crippen LogP contribution in [0.2, 0.25) is 5.02 Å². The average molecular weight is 303 g/mol. The van der Waals surface area contributed by atoms with Crippen LogP contribution in [0.15, 0.2) is 23.1 Å². The van der Waals surface area contributed by atoms with E-state index in [1.165, 1.54) is 0 Å². The number of rotatable bonds is 4. The van der Waals surface area contributed by atoms with E-state index in [4.69, 9.17) is 11.6 Å². The number of hydrogen-bond acceptors (Lipinski definition) is 3. The highest BCUT2D eigenvalue weighted by molar-refractivity contribution is 7.89. The first-order valence-corrected chi connectivity index (χ1v) is 8.20. The number of hydrogen-bond donors (Lipinski definition) is 1. The van der Waals surface area contributed by atoms with Gasteiger partial charge in [-0.15, -0.1) is 0 Å². The van der Waals surface area contributed by atoms with Gasteiger partial charge >= 0.3 is 0 Å². The predicted molar refractivity (Wildman–Crippen MR) is 76.8 cm³/mol. The van der Waals surface area contributed by atoms with Crippen molar-refractivity contribution in [3.63, 3.8) is 0 Å². The molecular weight excluding hydrogens is 284 g/mol. The van der Waals surface area contributed by atoms with Crippen LogP contribution in [0.25, 0.3) is 0 Å². The number of nitrogens with one attached hydrogen (secondary N) is 1. The third kappa shape index (κ3) is 3.11. The van der Waals surface area contributed by atoms with Crippen molar-refractivity contribution in [1.29, 1.82) is 0 Å². The molecule has 0 radical (unpaired) electrons. The summed E-state index contributed by atoms with van der Waals surface area (Å²) < 4.78 is 26.6. The van der Waals surface area contributed by atoms with Gasteiger partial charge in [0.15, 0.2) is 0 Å². The standard InChI is InChI=1S/C13H19ClN2O2S/c1-10-5-6-16(9-10)19(17,18)12-3-4-13(14)11(7-12)8-15-2/h3-4,7,10,15H,5-6,8-9H2,1-2H3. The average Bonchev–Trinajstić information content (AvgIpc) is 2.79. The third-order valence-corrected chi connectivity index (χ3v) is 5.64. The summed E-state index contributed by atoms with van der Waals surface area (Å²) in [6.07, 6.45) is 0.927. The predicted octanol–water partition coefficient (Wildman–Crippen LogP) is 2.09. The zero-order chi connectivity index (χ0) is 14.0. The maximum Gasteiger partial charge on any atom is 0.243 e. The summed E-state index contributed by atoms with van der Waals surface area (Å²) in [5.74, 6) is 0.429. The second kappa shape index (κ2) is 5.79. The van der Waals surface area contributed by atoms with Gasteiger partial charge in [0.2, 0.25) is 10.0 Å². The molecule has 1 aromatic rings. The Kier molecular flexibility index (Phi) is 4.50. The third-order valence-electron chi connectivity index (χ3n) is 3.41. The van der Waals surface area contributed by atoms with Crippen LogP contribution in [-0.2, 0) is 16.6 Å². The van der Waals surface area contributed by atoms with Gasteiger partial charge < -0.3 is 5.32 Å². The van der Waals surface area contributed by atoms with Crippen molar-refractivity contribution in [2.45, 2.75) is 24.8 Å². The first-order valence-electron chi connectivity index (χ1n) is 6.38. The highest BCUT2D eigenvalue weighted by Crippen LogP contribution is 2.26. The molecule has 0 bridgehead atoms. The monoisotopic (exact) mass is 302 g/mol. The molecule has 1 aliphatic rings. The summed E-state index contributed by atoms with van der Waals surface area (Å²) in [5.41, 5.74) is 0.803. The van der Waals surface area contributed by atoms with Gasteiger partial charge in [0, 0.05) is 24.7 Å². The maximum absolute atomic E-state index is 12.5. The van der Waals surface area contributed by atoms with Crippen LogP contribution in [0, 0.1) is 5.92 Å². The lowest BCUT2D eigenvalue weighted by atomic mass is 10.2. The Labute approximate surface area is 119 Å². The molecule has 106 valence electrons. The molecule has 1 fully saturated rings. The smallest absolute Gasteiger partial charge is 0.243 e. The molecule has 2 rings (SSSR count). The van der Waals surface area contributed by atoms with Gasteiger partial charge in [0.05, 0.1) is 4.90 Å². The minimum atomic E-state index is -3.38. The summed E-state index contributed by atoms with van der Waals surface area (Å²) in [7, 11) is -1.58. The normalized spacial score (nSPS) is 20.9. The summed E-state index contributed by atoms with van der Waals surface area (Å²) in [6.45, 7) is 3.84. The van der Waals surface area contributed by atoms with Crippen molar-refractivity contribution in [3.05, 3.63) is 28.8 Å². The van der Waals surface area contributed by atoms with Crippen molar-refractivity contribution in [3.8, 4) is 0 Å². The molecule has 4 nitrogen and oxygen atoms in total. The second-order valence-electron chi connectivity index (χ2n) is 5.04. The van der Waals surface area contributed by atoms with Crippen LogP contribution in [0.1, 0.15) is 18.9 Å². The fourth-order valence-corrected chi connectivity index (χ4v) is 4.11. The van der Waals surface area contributed by atoms with Gasteiger partial charge in [0.25, 0.3) is 0 Å². The Morgan fingerprint density at radius 3 is 2.79 bits per heavy atom. The Bertz CT molecular complexity index is 560. The molecule has 0 spiro atoms. The van der Waals surface area contributed by atoms with Crippen LogP contribution >= 0.6 is 11.6 Å². The first kappa shape index (κ1) is 14.8. The minimum absolute atomic E-state index is 0.330. The summed E-state index contributed by atoms with van der Waals surface area (Å²) in [6, 6.07) is 4.90.